The van der Waals surface area contributed by atoms with Gasteiger partial charge in [0.05, 0.1) is 41.5 Å². The van der Waals surface area contributed by atoms with Gasteiger partial charge in [-0.3, -0.25) is 118 Å². The van der Waals surface area contributed by atoms with Crippen molar-refractivity contribution in [3.63, 3.8) is 0 Å². The first-order chi connectivity index (χ1) is 68.1. The van der Waals surface area contributed by atoms with E-state index in [2.05, 4.69) is 94.1 Å². The molecule has 72 heteroatoms. The number of carbonyl (C=O) groups excluding carboxylic acids is 12. The molecule has 18 saturated heterocycles. The Morgan fingerprint density at radius 2 is 0.311 bits per heavy atom. The number of rotatable bonds is 23. The number of benzene rings is 4. The van der Waals surface area contributed by atoms with Gasteiger partial charge in [-0.1, -0.05) is 48.5 Å². The van der Waals surface area contributed by atoms with Crippen LogP contribution in [0.5, 0.6) is 23.0 Å². The summed E-state index contributed by atoms with van der Waals surface area (Å²) in [4.78, 5) is 213. The van der Waals surface area contributed by atoms with Crippen molar-refractivity contribution in [2.75, 3.05) is 122 Å². The minimum Gasteiger partial charge on any atom is -0.282 e. The summed E-state index contributed by atoms with van der Waals surface area (Å²) in [7, 11) is -35.9. The van der Waals surface area contributed by atoms with Crippen LogP contribution in [0, 0.1) is 0 Å². The number of amides is 24. The Labute approximate surface area is 818 Å². The predicted octanol–water partition coefficient (Wildman–Crippen LogP) is 10.5. The average molecular weight is 2240 g/mol. The normalized spacial score (nSPS) is 27.6. The number of carbonyl (C=O) groups is 12. The fourth-order valence-electron chi connectivity index (χ4n) is 21.9. The van der Waals surface area contributed by atoms with Crippen LogP contribution in [-0.4, -0.2) is 386 Å². The summed E-state index contributed by atoms with van der Waals surface area (Å²) in [5.41, 5.74) is 7.88. The number of methoxy groups -OCH3 is 4. The molecule has 148 heavy (non-hydrogen) atoms. The molecule has 22 rings (SSSR count). The van der Waals surface area contributed by atoms with Crippen molar-refractivity contribution in [1.29, 1.82) is 0 Å². The van der Waals surface area contributed by atoms with E-state index in [1.165, 1.54) is 190 Å². The maximum atomic E-state index is 15.1. The first-order valence-electron chi connectivity index (χ1n) is 45.1. The summed E-state index contributed by atoms with van der Waals surface area (Å²) >= 11 is 0. The number of nitrogens with zero attached hydrogens (tertiary/aromatic N) is 24. The van der Waals surface area contributed by atoms with Gasteiger partial charge in [-0.25, -0.2) is 57.5 Å². The maximum Gasteiger partial charge on any atom is 0.326 e. The Balaban J connectivity index is 0.000000162. The number of hydrogen-bond donors (Lipinski definition) is 4. The van der Waals surface area contributed by atoms with Gasteiger partial charge in [0.1, 0.15) is 142 Å². The Morgan fingerprint density at radius 1 is 0.196 bits per heavy atom. The number of nitrogens with two attached hydrogens (primary N) is 4. The van der Waals surface area contributed by atoms with Gasteiger partial charge in [-0.15, -0.1) is 0 Å². The number of unbranched alkanes of at least 4 members (excludes halogenated alkanes) is 3. The Bertz CT molecular complexity index is 4990. The van der Waals surface area contributed by atoms with E-state index in [0.29, 0.717) is 0 Å². The second-order valence-electron chi connectivity index (χ2n) is 37.6. The minimum absolute atomic E-state index is 0.457. The second-order valence-corrected chi connectivity index (χ2v) is 45.3. The summed E-state index contributed by atoms with van der Waals surface area (Å²) in [6.07, 6.45) is -8.73. The van der Waals surface area contributed by atoms with Crippen LogP contribution < -0.4 is 40.2 Å². The van der Waals surface area contributed by atoms with Crippen molar-refractivity contribution in [1.82, 2.24) is 118 Å². The predicted molar refractivity (Wildman–Crippen MR) is 457 cm³/mol. The molecule has 0 aliphatic carbocycles. The molecule has 0 radical (unpaired) electrons. The third kappa shape index (κ3) is 21.6. The Morgan fingerprint density at radius 3 is 0.432 bits per heavy atom. The Kier molecular flexibility index (Phi) is 23.7. The van der Waals surface area contributed by atoms with Crippen LogP contribution in [0.2, 0.25) is 0 Å². The number of urea groups is 12. The second kappa shape index (κ2) is 33.3. The summed E-state index contributed by atoms with van der Waals surface area (Å²) in [5.74, 6) is 3.33. The molecule has 4 aromatic carbocycles. The molecule has 4 aromatic rings. The molecule has 18 aliphatic rings. The van der Waals surface area contributed by atoms with Crippen LogP contribution in [0.4, 0.5) is 158 Å². The molecule has 44 nitrogen and oxygen atoms in total. The first kappa shape index (κ1) is 105. The number of ether oxygens (including phenoxy) is 4. The van der Waals surface area contributed by atoms with Crippen LogP contribution in [0.15, 0.2) is 84.9 Å². The molecular formula is C76H94F24N28O16P4. The zero-order valence-corrected chi connectivity index (χ0v) is 81.0. The largest absolute Gasteiger partial charge is 0.326 e. The van der Waals surface area contributed by atoms with Gasteiger partial charge >= 0.3 is 204 Å². The van der Waals surface area contributed by atoms with Crippen molar-refractivity contribution in [2.45, 2.75) is 139 Å². The summed E-state index contributed by atoms with van der Waals surface area (Å²) < 4.78 is 258. The minimum atomic E-state index is -10.7. The Hall–Kier alpha value is -12.8. The van der Waals surface area contributed by atoms with Crippen molar-refractivity contribution in [3.05, 3.63) is 118 Å². The molecule has 0 atom stereocenters. The van der Waals surface area contributed by atoms with Crippen LogP contribution in [-0.2, 0) is 39.3 Å². The third-order valence-corrected chi connectivity index (χ3v) is 27.5. The van der Waals surface area contributed by atoms with Crippen molar-refractivity contribution in [3.8, 4) is 23.0 Å². The van der Waals surface area contributed by atoms with E-state index < -0.39 is 258 Å². The number of hydrogen-bond acceptors (Lipinski definition) is 16. The molecule has 0 aromatic heterocycles. The monoisotopic (exact) mass is 2230 g/mol. The molecule has 8 N–H and O–H groups in total. The van der Waals surface area contributed by atoms with Crippen LogP contribution in [0.1, 0.15) is 59.1 Å². The third-order valence-electron chi connectivity index (χ3n) is 27.5. The van der Waals surface area contributed by atoms with E-state index >= 15 is 57.5 Å². The van der Waals surface area contributed by atoms with Gasteiger partial charge in [0.15, 0.2) is 74.0 Å². The van der Waals surface area contributed by atoms with Crippen molar-refractivity contribution >= 4 is 104 Å². The van der Waals surface area contributed by atoms with E-state index in [1.54, 1.807) is 28.4 Å². The summed E-state index contributed by atoms with van der Waals surface area (Å²) in [5, 5.41) is 9.52. The van der Waals surface area contributed by atoms with Crippen molar-refractivity contribution < 1.29 is 198 Å². The molecule has 0 bridgehead atoms. The van der Waals surface area contributed by atoms with E-state index in [0.717, 1.165) is 62.3 Å². The van der Waals surface area contributed by atoms with Crippen LogP contribution >= 0.6 is 31.2 Å². The van der Waals surface area contributed by atoms with Gasteiger partial charge in [0.25, 0.3) is 0 Å². The quantitative estimate of drug-likeness (QED) is 0.0304. The van der Waals surface area contributed by atoms with E-state index in [4.69, 9.17) is 18.9 Å². The summed E-state index contributed by atoms with van der Waals surface area (Å²) in [6, 6.07) is 22.4. The SMILES string of the molecule is COc1cc(C[NH2+]Cc2ccc(C[NH2+]CCCCCC[NH2+]Cc3ccc(C[NH2+]Cc4cc(OC)cc(OC)c4)cc3)cc2)cc(OC)c1.F[P-](F)(F)(F)(F)F.F[P-](F)(F)(F)(F)F.F[P-](F)(F)(F)(F)F.F[P-](F)(F)(F)(F)F.O=C1N2CN3C(=O)N4CN5C(=O)N6CN7C(=O)N8CN9C(=O)N%10CN%11C(=O)N%12CN1C1C2N2CN%13C(=O)N(CN%14C(=O)N(CN%15C(=O)N(CN%16C(=O)N(CN%17C(=O)N(CN1C2=O)C%12C%11%17)C%10C9%16)C8C7%15)C6C5%14)C4C3%13. The summed E-state index contributed by atoms with van der Waals surface area (Å²) in [6.45, 7) is 2.69. The molecule has 0 unspecified atom stereocenters. The number of halogens is 24. The molecule has 18 aliphatic heterocycles. The molecule has 18 heterocycles. The van der Waals surface area contributed by atoms with Crippen LogP contribution in [0.25, 0.3) is 0 Å². The fourth-order valence-corrected chi connectivity index (χ4v) is 21.9. The van der Waals surface area contributed by atoms with Gasteiger partial charge in [0, 0.05) is 45.5 Å². The van der Waals surface area contributed by atoms with E-state index in [1.807, 2.05) is 12.1 Å². The van der Waals surface area contributed by atoms with Gasteiger partial charge in [-0.2, -0.15) is 0 Å². The zero-order valence-electron chi connectivity index (χ0n) is 77.4. The van der Waals surface area contributed by atoms with Gasteiger partial charge < -0.3 is 40.2 Å². The molecular weight excluding hydrogens is 2140 g/mol. The van der Waals surface area contributed by atoms with Crippen molar-refractivity contribution in [2.24, 2.45) is 0 Å². The topological polar surface area (TPSA) is 386 Å². The first-order valence-corrected chi connectivity index (χ1v) is 53.2. The molecule has 0 spiro atoms. The van der Waals surface area contributed by atoms with Gasteiger partial charge in [0.2, 0.25) is 0 Å². The molecule has 0 saturated carbocycles. The fraction of sp³-hybridized carbons (Fsp3) is 0.526. The number of quaternary nitrogens is 4. The molecule has 24 amide bonds. The smallest absolute Gasteiger partial charge is 0.282 e. The molecule has 18 fully saturated rings. The average Bonchev–Trinajstić information content (AvgIpc) is 1.51. The molecule has 822 valence electrons. The zero-order chi connectivity index (χ0) is 108. The standard InChI is InChI=1S/C40H54N4O4.C36H36N24O12.4F6P/c1-45-37-19-35(20-38(23-37)46-2)29-43-27-33-13-9-31(10-14-33)25-41-17-7-5-6-8-18-42-26-32-11-15-34(16-12-32)28-44-30-36-21-39(47-3)24-40(22-36)48-4;61-25-37-1-38-14-16-42(26(38)62)4-46-18-20-50(30(46)66)8-54-22-24-58(34(54)70)11-57-23-21-53(33(57)69)7-49-19-17-45(29(49)65)3-41(25)15-13(37)39-2-40(14)28(64)44(16)6-48(18)32(68)52(20)10-56(22)36(72)60(24)12-59(23)35(71)55(21)9-51(19)31(67)47(17)5-43(15)27(39)63;4*1-7(2,3,4,5)6/h9-16,19-24,41-44H,5-8,17-18,25-30H2,1-4H3;13-24H,1-12H2;;;;/q;;4*-1/p+4. The maximum absolute atomic E-state index is 15.1. The van der Waals surface area contributed by atoms with Gasteiger partial charge in [-0.05, 0) is 49.9 Å². The van der Waals surface area contributed by atoms with E-state index in [9.17, 15) is 101 Å². The van der Waals surface area contributed by atoms with Crippen LogP contribution in [0.3, 0.4) is 0 Å². The van der Waals surface area contributed by atoms with E-state index in [-0.39, 0.29) is 0 Å².